The summed E-state index contributed by atoms with van der Waals surface area (Å²) in [5, 5.41) is 9.58. The van der Waals surface area contributed by atoms with Crippen LogP contribution in [0.1, 0.15) is 24.0 Å². The number of halogens is 3. The molecule has 0 atom stereocenters. The summed E-state index contributed by atoms with van der Waals surface area (Å²) < 4.78 is 37.5. The third-order valence-corrected chi connectivity index (χ3v) is 3.14. The first kappa shape index (κ1) is 11.3. The van der Waals surface area contributed by atoms with Crippen molar-refractivity contribution in [2.45, 2.75) is 24.4 Å². The Morgan fingerprint density at radius 1 is 1.31 bits per heavy atom. The van der Waals surface area contributed by atoms with Crippen molar-refractivity contribution in [1.29, 1.82) is 0 Å². The normalized spacial score (nSPS) is 18.5. The smallest absolute Gasteiger partial charge is 0.416 e. The van der Waals surface area contributed by atoms with Crippen LogP contribution in [0.25, 0.3) is 0 Å². The molecule has 2 rings (SSSR count). The van der Waals surface area contributed by atoms with E-state index in [0.717, 1.165) is 31.0 Å². The van der Waals surface area contributed by atoms with Gasteiger partial charge in [0.25, 0.3) is 0 Å². The van der Waals surface area contributed by atoms with Gasteiger partial charge in [-0.1, -0.05) is 0 Å². The second-order valence-corrected chi connectivity index (χ2v) is 4.21. The van der Waals surface area contributed by atoms with E-state index in [9.17, 15) is 18.3 Å². The van der Waals surface area contributed by atoms with Crippen LogP contribution in [0, 0.1) is 0 Å². The fraction of sp³-hybridized carbons (Fsp3) is 0.455. The van der Waals surface area contributed by atoms with Crippen molar-refractivity contribution in [3.05, 3.63) is 29.3 Å². The SMILES string of the molecule is NCC1(c2cc(C(F)(F)F)ccc2O)CC1. The van der Waals surface area contributed by atoms with E-state index >= 15 is 0 Å². The van der Waals surface area contributed by atoms with Crippen LogP contribution in [-0.2, 0) is 11.6 Å². The number of hydrogen-bond acceptors (Lipinski definition) is 2. The van der Waals surface area contributed by atoms with Gasteiger partial charge >= 0.3 is 6.18 Å². The fourth-order valence-corrected chi connectivity index (χ4v) is 1.87. The first-order valence-corrected chi connectivity index (χ1v) is 5.00. The molecule has 0 spiro atoms. The molecule has 1 saturated carbocycles. The Kier molecular flexibility index (Phi) is 2.38. The van der Waals surface area contributed by atoms with Gasteiger partial charge in [-0.2, -0.15) is 13.2 Å². The minimum atomic E-state index is -4.38. The summed E-state index contributed by atoms with van der Waals surface area (Å²) in [6, 6.07) is 2.98. The predicted octanol–water partition coefficient (Wildman–Crippen LogP) is 2.40. The molecule has 1 aromatic rings. The van der Waals surface area contributed by atoms with E-state index in [4.69, 9.17) is 5.73 Å². The molecule has 3 N–H and O–H groups in total. The number of nitrogens with two attached hydrogens (primary N) is 1. The van der Waals surface area contributed by atoms with Crippen molar-refractivity contribution in [1.82, 2.24) is 0 Å². The van der Waals surface area contributed by atoms with E-state index in [2.05, 4.69) is 0 Å². The summed E-state index contributed by atoms with van der Waals surface area (Å²) in [7, 11) is 0. The van der Waals surface area contributed by atoms with Gasteiger partial charge in [0.2, 0.25) is 0 Å². The highest BCUT2D eigenvalue weighted by Crippen LogP contribution is 2.51. The van der Waals surface area contributed by atoms with Crippen molar-refractivity contribution in [3.8, 4) is 5.75 Å². The maximum atomic E-state index is 12.5. The number of hydrogen-bond donors (Lipinski definition) is 2. The molecule has 88 valence electrons. The van der Waals surface area contributed by atoms with Gasteiger partial charge < -0.3 is 10.8 Å². The van der Waals surface area contributed by atoms with Crippen LogP contribution < -0.4 is 5.73 Å². The molecule has 1 fully saturated rings. The van der Waals surface area contributed by atoms with E-state index in [1.165, 1.54) is 0 Å². The number of phenols is 1. The van der Waals surface area contributed by atoms with Crippen molar-refractivity contribution in [3.63, 3.8) is 0 Å². The lowest BCUT2D eigenvalue weighted by atomic mass is 9.93. The van der Waals surface area contributed by atoms with E-state index in [-0.39, 0.29) is 12.3 Å². The summed E-state index contributed by atoms with van der Waals surface area (Å²) in [4.78, 5) is 0. The molecule has 5 heteroatoms. The lowest BCUT2D eigenvalue weighted by Gasteiger charge is -2.17. The van der Waals surface area contributed by atoms with Gasteiger partial charge in [0.1, 0.15) is 5.75 Å². The van der Waals surface area contributed by atoms with Crippen molar-refractivity contribution >= 4 is 0 Å². The molecule has 0 radical (unpaired) electrons. The van der Waals surface area contributed by atoms with Gasteiger partial charge in [-0.05, 0) is 31.0 Å². The molecule has 2 nitrogen and oxygen atoms in total. The molecule has 0 unspecified atom stereocenters. The Morgan fingerprint density at radius 3 is 2.38 bits per heavy atom. The number of benzene rings is 1. The lowest BCUT2D eigenvalue weighted by Crippen LogP contribution is -2.20. The molecule has 0 saturated heterocycles. The van der Waals surface area contributed by atoms with Crippen LogP contribution in [-0.4, -0.2) is 11.7 Å². The number of rotatable bonds is 2. The molecular formula is C11H12F3NO. The maximum Gasteiger partial charge on any atom is 0.416 e. The summed E-state index contributed by atoms with van der Waals surface area (Å²) in [5.74, 6) is -0.101. The minimum absolute atomic E-state index is 0.101. The van der Waals surface area contributed by atoms with Crippen LogP contribution in [0.5, 0.6) is 5.75 Å². The van der Waals surface area contributed by atoms with Crippen molar-refractivity contribution in [2.75, 3.05) is 6.54 Å². The number of aromatic hydroxyl groups is 1. The third kappa shape index (κ3) is 1.75. The topological polar surface area (TPSA) is 46.2 Å². The Balaban J connectivity index is 2.46. The van der Waals surface area contributed by atoms with Gasteiger partial charge in [0.15, 0.2) is 0 Å². The highest BCUT2D eigenvalue weighted by atomic mass is 19.4. The Labute approximate surface area is 90.9 Å². The summed E-state index contributed by atoms with van der Waals surface area (Å²) in [6.45, 7) is 0.266. The summed E-state index contributed by atoms with van der Waals surface area (Å²) in [6.07, 6.45) is -2.91. The molecule has 0 bridgehead atoms. The lowest BCUT2D eigenvalue weighted by molar-refractivity contribution is -0.137. The van der Waals surface area contributed by atoms with Gasteiger partial charge in [0.05, 0.1) is 5.56 Å². The molecule has 0 aromatic heterocycles. The second-order valence-electron chi connectivity index (χ2n) is 4.21. The average molecular weight is 231 g/mol. The molecule has 1 aliphatic rings. The van der Waals surface area contributed by atoms with Crippen molar-refractivity contribution < 1.29 is 18.3 Å². The Bertz CT molecular complexity index is 410. The van der Waals surface area contributed by atoms with E-state index < -0.39 is 17.2 Å². The van der Waals surface area contributed by atoms with Gasteiger partial charge in [-0.15, -0.1) is 0 Å². The van der Waals surface area contributed by atoms with Crippen molar-refractivity contribution in [2.24, 2.45) is 5.73 Å². The third-order valence-electron chi connectivity index (χ3n) is 3.14. The highest BCUT2D eigenvalue weighted by Gasteiger charge is 2.45. The summed E-state index contributed by atoms with van der Waals surface area (Å²) in [5.41, 5.74) is 4.69. The first-order valence-electron chi connectivity index (χ1n) is 5.00. The quantitative estimate of drug-likeness (QED) is 0.821. The predicted molar refractivity (Wildman–Crippen MR) is 53.1 cm³/mol. The van der Waals surface area contributed by atoms with E-state index in [1.807, 2.05) is 0 Å². The van der Waals surface area contributed by atoms with Crippen LogP contribution in [0.15, 0.2) is 18.2 Å². The number of alkyl halides is 3. The highest BCUT2D eigenvalue weighted by molar-refractivity contribution is 5.45. The van der Waals surface area contributed by atoms with Crippen LogP contribution in [0.3, 0.4) is 0 Å². The second kappa shape index (κ2) is 3.38. The maximum absolute atomic E-state index is 12.5. The zero-order chi connectivity index (χ0) is 12.0. The van der Waals surface area contributed by atoms with Crippen LogP contribution in [0.2, 0.25) is 0 Å². The molecule has 1 aliphatic carbocycles. The molecule has 1 aromatic carbocycles. The molecular weight excluding hydrogens is 219 g/mol. The number of phenolic OH excluding ortho intramolecular Hbond substituents is 1. The standard InChI is InChI=1S/C11H12F3NO/c12-11(13,14)7-1-2-9(16)8(5-7)10(6-15)3-4-10/h1-2,5,16H,3-4,6,15H2. The fourth-order valence-electron chi connectivity index (χ4n) is 1.87. The zero-order valence-corrected chi connectivity index (χ0v) is 8.51. The van der Waals surface area contributed by atoms with Crippen LogP contribution in [0.4, 0.5) is 13.2 Å². The van der Waals surface area contributed by atoms with E-state index in [1.54, 1.807) is 0 Å². The monoisotopic (exact) mass is 231 g/mol. The largest absolute Gasteiger partial charge is 0.508 e. The molecule has 16 heavy (non-hydrogen) atoms. The Morgan fingerprint density at radius 2 is 1.94 bits per heavy atom. The van der Waals surface area contributed by atoms with E-state index in [0.29, 0.717) is 5.56 Å². The Hall–Kier alpha value is -1.23. The van der Waals surface area contributed by atoms with Gasteiger partial charge in [-0.3, -0.25) is 0 Å². The van der Waals surface area contributed by atoms with Gasteiger partial charge in [-0.25, -0.2) is 0 Å². The first-order chi connectivity index (χ1) is 7.39. The van der Waals surface area contributed by atoms with Gasteiger partial charge in [0, 0.05) is 17.5 Å². The average Bonchev–Trinajstić information content (AvgIpc) is 2.97. The molecule has 0 aliphatic heterocycles. The van der Waals surface area contributed by atoms with Crippen LogP contribution >= 0.6 is 0 Å². The summed E-state index contributed by atoms with van der Waals surface area (Å²) >= 11 is 0. The zero-order valence-electron chi connectivity index (χ0n) is 8.51. The molecule has 0 amide bonds. The molecule has 0 heterocycles. The minimum Gasteiger partial charge on any atom is -0.508 e.